The molecule has 25 heavy (non-hydrogen) atoms. The molecule has 2 aromatic rings. The summed E-state index contributed by atoms with van der Waals surface area (Å²) in [4.78, 5) is 0.835. The van der Waals surface area contributed by atoms with Gasteiger partial charge in [-0.25, -0.2) is 0 Å². The summed E-state index contributed by atoms with van der Waals surface area (Å²) in [5.41, 5.74) is 2.33. The summed E-state index contributed by atoms with van der Waals surface area (Å²) >= 11 is 0. The van der Waals surface area contributed by atoms with Crippen LogP contribution in [0, 0.1) is 6.92 Å². The molecular formula is C21H24O3S. The highest BCUT2D eigenvalue weighted by atomic mass is 32.2. The fraction of sp³-hybridized carbons (Fsp3) is 0.429. The lowest BCUT2D eigenvalue weighted by atomic mass is 10.1. The molecule has 1 heterocycles. The van der Waals surface area contributed by atoms with Crippen LogP contribution in [0.25, 0.3) is 0 Å². The molecule has 2 aromatic carbocycles. The first kappa shape index (κ1) is 17.0. The number of fused-ring (bicyclic) bond motifs is 1. The SMILES string of the molecule is Cc1ccc([S@](=O)CC2(Cc3ccccc3)O[C@H]3CCC[C@H]3O2)cc1. The Kier molecular flexibility index (Phi) is 4.76. The second-order valence-electron chi connectivity index (χ2n) is 7.12. The molecule has 0 N–H and O–H groups in total. The van der Waals surface area contributed by atoms with Gasteiger partial charge in [-0.15, -0.1) is 0 Å². The van der Waals surface area contributed by atoms with Crippen LogP contribution < -0.4 is 0 Å². The molecule has 0 bridgehead atoms. The molecule has 4 heteroatoms. The fourth-order valence-corrected chi connectivity index (χ4v) is 5.07. The minimum Gasteiger partial charge on any atom is -0.343 e. The van der Waals surface area contributed by atoms with Crippen molar-refractivity contribution in [3.05, 3.63) is 65.7 Å². The van der Waals surface area contributed by atoms with Crippen molar-refractivity contribution in [2.45, 2.75) is 55.5 Å². The fourth-order valence-electron chi connectivity index (χ4n) is 3.82. The van der Waals surface area contributed by atoms with E-state index in [0.717, 1.165) is 29.7 Å². The van der Waals surface area contributed by atoms with Gasteiger partial charge in [0.2, 0.25) is 0 Å². The molecule has 1 aliphatic carbocycles. The molecule has 4 rings (SSSR count). The van der Waals surface area contributed by atoms with Crippen molar-refractivity contribution in [3.8, 4) is 0 Å². The van der Waals surface area contributed by atoms with Crippen LogP contribution in [-0.4, -0.2) is 28.0 Å². The molecule has 1 unspecified atom stereocenters. The predicted molar refractivity (Wildman–Crippen MR) is 98.9 cm³/mol. The maximum atomic E-state index is 13.0. The van der Waals surface area contributed by atoms with E-state index in [2.05, 4.69) is 12.1 Å². The van der Waals surface area contributed by atoms with Crippen molar-refractivity contribution in [3.63, 3.8) is 0 Å². The van der Waals surface area contributed by atoms with Crippen molar-refractivity contribution in [1.29, 1.82) is 0 Å². The monoisotopic (exact) mass is 356 g/mol. The number of benzene rings is 2. The van der Waals surface area contributed by atoms with Crippen LogP contribution in [0.3, 0.4) is 0 Å². The largest absolute Gasteiger partial charge is 0.343 e. The Morgan fingerprint density at radius 2 is 1.64 bits per heavy atom. The summed E-state index contributed by atoms with van der Waals surface area (Å²) in [6, 6.07) is 18.1. The summed E-state index contributed by atoms with van der Waals surface area (Å²) in [5.74, 6) is -0.412. The summed E-state index contributed by atoms with van der Waals surface area (Å²) in [6.45, 7) is 2.04. The first-order valence-corrected chi connectivity index (χ1v) is 10.3. The predicted octanol–water partition coefficient (Wildman–Crippen LogP) is 4.01. The lowest BCUT2D eigenvalue weighted by Crippen LogP contribution is -2.40. The van der Waals surface area contributed by atoms with Crippen LogP contribution in [0.5, 0.6) is 0 Å². The minimum absolute atomic E-state index is 0.152. The highest BCUT2D eigenvalue weighted by Gasteiger charge is 2.50. The molecule has 2 fully saturated rings. The van der Waals surface area contributed by atoms with Gasteiger partial charge in [-0.3, -0.25) is 4.21 Å². The maximum absolute atomic E-state index is 13.0. The smallest absolute Gasteiger partial charge is 0.185 e. The molecule has 0 amide bonds. The summed E-state index contributed by atoms with van der Waals surface area (Å²) in [6.07, 6.45) is 4.17. The molecule has 2 aliphatic rings. The van der Waals surface area contributed by atoms with Crippen molar-refractivity contribution < 1.29 is 13.7 Å². The zero-order chi connectivity index (χ0) is 17.3. The van der Waals surface area contributed by atoms with Crippen LogP contribution in [0.2, 0.25) is 0 Å². The van der Waals surface area contributed by atoms with Crippen LogP contribution in [-0.2, 0) is 26.7 Å². The molecular weight excluding hydrogens is 332 g/mol. The van der Waals surface area contributed by atoms with E-state index in [1.54, 1.807) is 0 Å². The van der Waals surface area contributed by atoms with Gasteiger partial charge in [0.05, 0.1) is 28.8 Å². The van der Waals surface area contributed by atoms with Crippen molar-refractivity contribution in [2.75, 3.05) is 5.75 Å². The molecule has 1 saturated carbocycles. The van der Waals surface area contributed by atoms with E-state index in [4.69, 9.17) is 9.47 Å². The third kappa shape index (κ3) is 3.71. The van der Waals surface area contributed by atoms with Crippen molar-refractivity contribution in [1.82, 2.24) is 0 Å². The third-order valence-electron chi connectivity index (χ3n) is 5.08. The van der Waals surface area contributed by atoms with Gasteiger partial charge in [0, 0.05) is 11.3 Å². The first-order chi connectivity index (χ1) is 12.1. The number of aryl methyl sites for hydroxylation is 1. The van der Waals surface area contributed by atoms with Crippen LogP contribution in [0.1, 0.15) is 30.4 Å². The molecule has 132 valence electrons. The van der Waals surface area contributed by atoms with E-state index in [1.165, 1.54) is 5.56 Å². The average Bonchev–Trinajstić information content (AvgIpc) is 3.15. The van der Waals surface area contributed by atoms with E-state index in [0.29, 0.717) is 12.2 Å². The zero-order valence-electron chi connectivity index (χ0n) is 14.5. The Balaban J connectivity index is 1.57. The normalized spacial score (nSPS) is 29.5. The second-order valence-corrected chi connectivity index (χ2v) is 8.57. The molecule has 4 atom stereocenters. The maximum Gasteiger partial charge on any atom is 0.185 e. The number of rotatable bonds is 5. The van der Waals surface area contributed by atoms with Crippen LogP contribution in [0.4, 0.5) is 0 Å². The van der Waals surface area contributed by atoms with E-state index < -0.39 is 16.6 Å². The third-order valence-corrected chi connectivity index (χ3v) is 6.58. The molecule has 0 radical (unpaired) electrons. The Morgan fingerprint density at radius 1 is 1.00 bits per heavy atom. The first-order valence-electron chi connectivity index (χ1n) is 8.98. The highest BCUT2D eigenvalue weighted by Crippen LogP contribution is 2.41. The highest BCUT2D eigenvalue weighted by molar-refractivity contribution is 7.85. The van der Waals surface area contributed by atoms with Gasteiger partial charge < -0.3 is 9.47 Å². The Hall–Kier alpha value is -1.49. The van der Waals surface area contributed by atoms with Crippen LogP contribution in [0.15, 0.2) is 59.5 Å². The Morgan fingerprint density at radius 3 is 2.28 bits per heavy atom. The van der Waals surface area contributed by atoms with Gasteiger partial charge in [0.25, 0.3) is 0 Å². The van der Waals surface area contributed by atoms with Crippen molar-refractivity contribution >= 4 is 10.8 Å². The van der Waals surface area contributed by atoms with E-state index >= 15 is 0 Å². The van der Waals surface area contributed by atoms with Gasteiger partial charge in [0.15, 0.2) is 5.79 Å². The van der Waals surface area contributed by atoms with Gasteiger partial charge in [-0.2, -0.15) is 0 Å². The Bertz CT molecular complexity index is 729. The van der Waals surface area contributed by atoms with E-state index in [1.807, 2.05) is 49.4 Å². The number of hydrogen-bond donors (Lipinski definition) is 0. The average molecular weight is 356 g/mol. The molecule has 0 spiro atoms. The van der Waals surface area contributed by atoms with Gasteiger partial charge in [-0.1, -0.05) is 48.0 Å². The van der Waals surface area contributed by atoms with E-state index in [9.17, 15) is 4.21 Å². The summed E-state index contributed by atoms with van der Waals surface area (Å²) in [7, 11) is -1.15. The molecule has 0 aromatic heterocycles. The van der Waals surface area contributed by atoms with Crippen molar-refractivity contribution in [2.24, 2.45) is 0 Å². The Labute approximate surface area is 151 Å². The zero-order valence-corrected chi connectivity index (χ0v) is 15.3. The quantitative estimate of drug-likeness (QED) is 0.812. The van der Waals surface area contributed by atoms with Gasteiger partial charge >= 0.3 is 0 Å². The molecule has 1 saturated heterocycles. The summed E-state index contributed by atoms with van der Waals surface area (Å²) < 4.78 is 25.7. The number of hydrogen-bond acceptors (Lipinski definition) is 3. The molecule has 1 aliphatic heterocycles. The minimum atomic E-state index is -1.15. The standard InChI is InChI=1S/C21H24O3S/c1-16-10-12-18(13-11-16)25(22)15-21(14-17-6-3-2-4-7-17)23-19-8-5-9-20(19)24-21/h2-4,6-7,10-13,19-20H,5,8-9,14-15H2,1H3/t19-,20+,21?,25-/m1/s1. The van der Waals surface area contributed by atoms with E-state index in [-0.39, 0.29) is 12.2 Å². The van der Waals surface area contributed by atoms with Gasteiger partial charge in [-0.05, 0) is 43.9 Å². The topological polar surface area (TPSA) is 35.5 Å². The second kappa shape index (κ2) is 7.02. The number of ether oxygens (including phenoxy) is 2. The van der Waals surface area contributed by atoms with Crippen LogP contribution >= 0.6 is 0 Å². The lowest BCUT2D eigenvalue weighted by molar-refractivity contribution is -0.161. The summed E-state index contributed by atoms with van der Waals surface area (Å²) in [5, 5.41) is 0. The lowest BCUT2D eigenvalue weighted by Gasteiger charge is -2.29. The molecule has 3 nitrogen and oxygen atoms in total. The van der Waals surface area contributed by atoms with Gasteiger partial charge in [0.1, 0.15) is 0 Å².